The van der Waals surface area contributed by atoms with Gasteiger partial charge in [0.25, 0.3) is 10.0 Å². The lowest BCUT2D eigenvalue weighted by Crippen LogP contribution is -2.54. The van der Waals surface area contributed by atoms with E-state index in [1.54, 1.807) is 36.4 Å². The zero-order valence-electron chi connectivity index (χ0n) is 25.6. The Labute approximate surface area is 284 Å². The van der Waals surface area contributed by atoms with Crippen molar-refractivity contribution in [1.29, 1.82) is 0 Å². The van der Waals surface area contributed by atoms with E-state index >= 15 is 0 Å². The second kappa shape index (κ2) is 15.3. The highest BCUT2D eigenvalue weighted by atomic mass is 79.9. The predicted molar refractivity (Wildman–Crippen MR) is 186 cm³/mol. The van der Waals surface area contributed by atoms with Crippen molar-refractivity contribution in [2.75, 3.05) is 10.8 Å². The number of carbonyl (C=O) groups excluding carboxylic acids is 2. The summed E-state index contributed by atoms with van der Waals surface area (Å²) in [6.07, 6.45) is 4.13. The van der Waals surface area contributed by atoms with Gasteiger partial charge in [0.1, 0.15) is 12.6 Å². The van der Waals surface area contributed by atoms with Crippen molar-refractivity contribution < 1.29 is 18.0 Å². The van der Waals surface area contributed by atoms with Gasteiger partial charge in [0, 0.05) is 28.5 Å². The minimum Gasteiger partial charge on any atom is -0.352 e. The highest BCUT2D eigenvalue weighted by Gasteiger charge is 2.35. The van der Waals surface area contributed by atoms with E-state index in [0.717, 1.165) is 51.2 Å². The second-order valence-electron chi connectivity index (χ2n) is 11.6. The molecular formula is C36H37BrClN3O4S. The van der Waals surface area contributed by atoms with E-state index in [9.17, 15) is 18.0 Å². The third-order valence-electron chi connectivity index (χ3n) is 8.29. The summed E-state index contributed by atoms with van der Waals surface area (Å²) in [7, 11) is -4.19. The molecule has 1 unspecified atom stereocenters. The molecule has 10 heteroatoms. The predicted octanol–water partition coefficient (Wildman–Crippen LogP) is 7.31. The third kappa shape index (κ3) is 8.37. The summed E-state index contributed by atoms with van der Waals surface area (Å²) in [5.74, 6) is -0.765. The molecule has 0 aliphatic heterocycles. The first-order chi connectivity index (χ1) is 22.1. The molecule has 7 nitrogen and oxygen atoms in total. The standard InChI is InChI=1S/C36H37BrClN3O4S/c1-26-16-21-31(23-33(26)38)41(46(44,45)32-14-6-3-7-15-32)25-35(42)40(24-28-17-19-29(37)20-18-28)34(22-27-10-4-2-5-11-27)36(43)39-30-12-8-9-13-30/h2-7,10-11,14-21,23,30,34H,8-9,12-13,22,24-25H2,1H3,(H,39,43). The molecule has 1 saturated carbocycles. The molecule has 0 aromatic heterocycles. The number of aryl methyl sites for hydroxylation is 1. The fraction of sp³-hybridized carbons (Fsp3) is 0.278. The monoisotopic (exact) mass is 721 g/mol. The van der Waals surface area contributed by atoms with Crippen LogP contribution in [0.3, 0.4) is 0 Å². The molecule has 46 heavy (non-hydrogen) atoms. The van der Waals surface area contributed by atoms with Gasteiger partial charge in [-0.25, -0.2) is 8.42 Å². The third-order valence-corrected chi connectivity index (χ3v) is 11.0. The van der Waals surface area contributed by atoms with Gasteiger partial charge in [-0.15, -0.1) is 0 Å². The van der Waals surface area contributed by atoms with E-state index < -0.39 is 28.5 Å². The lowest BCUT2D eigenvalue weighted by molar-refractivity contribution is -0.140. The first-order valence-electron chi connectivity index (χ1n) is 15.3. The molecule has 5 rings (SSSR count). The molecule has 0 radical (unpaired) electrons. The maximum atomic E-state index is 14.6. The van der Waals surface area contributed by atoms with E-state index in [2.05, 4.69) is 21.2 Å². The van der Waals surface area contributed by atoms with E-state index in [0.29, 0.717) is 5.02 Å². The molecule has 0 heterocycles. The lowest BCUT2D eigenvalue weighted by Gasteiger charge is -2.34. The van der Waals surface area contributed by atoms with Crippen LogP contribution in [0.1, 0.15) is 42.4 Å². The molecule has 0 saturated heterocycles. The number of anilines is 1. The Morgan fingerprint density at radius 2 is 1.52 bits per heavy atom. The normalized spacial score (nSPS) is 14.1. The topological polar surface area (TPSA) is 86.8 Å². The maximum absolute atomic E-state index is 14.6. The number of halogens is 2. The average molecular weight is 723 g/mol. The van der Waals surface area contributed by atoms with Crippen molar-refractivity contribution in [2.24, 2.45) is 0 Å². The molecule has 0 bridgehead atoms. The zero-order chi connectivity index (χ0) is 32.7. The van der Waals surface area contributed by atoms with Gasteiger partial charge in [-0.3, -0.25) is 13.9 Å². The van der Waals surface area contributed by atoms with Gasteiger partial charge in [0.2, 0.25) is 11.8 Å². The number of nitrogens with one attached hydrogen (secondary N) is 1. The van der Waals surface area contributed by atoms with Crippen molar-refractivity contribution in [3.63, 3.8) is 0 Å². The highest BCUT2D eigenvalue weighted by Crippen LogP contribution is 2.29. The summed E-state index contributed by atoms with van der Waals surface area (Å²) in [5, 5.41) is 3.57. The van der Waals surface area contributed by atoms with Crippen LogP contribution in [0.5, 0.6) is 0 Å². The quantitative estimate of drug-likeness (QED) is 0.166. The maximum Gasteiger partial charge on any atom is 0.264 e. The van der Waals surface area contributed by atoms with Crippen molar-refractivity contribution in [3.05, 3.63) is 129 Å². The second-order valence-corrected chi connectivity index (χ2v) is 14.8. The van der Waals surface area contributed by atoms with Crippen LogP contribution in [0.25, 0.3) is 0 Å². The summed E-state index contributed by atoms with van der Waals surface area (Å²) in [5.41, 5.74) is 2.73. The number of hydrogen-bond donors (Lipinski definition) is 1. The molecule has 4 aromatic rings. The van der Waals surface area contributed by atoms with E-state index in [-0.39, 0.29) is 35.5 Å². The van der Waals surface area contributed by atoms with Crippen LogP contribution in [-0.4, -0.2) is 43.8 Å². The van der Waals surface area contributed by atoms with E-state index in [1.165, 1.54) is 17.0 Å². The number of sulfonamides is 1. The number of nitrogens with zero attached hydrogens (tertiary/aromatic N) is 2. The van der Waals surface area contributed by atoms with Crippen molar-refractivity contribution in [2.45, 2.75) is 62.6 Å². The smallest absolute Gasteiger partial charge is 0.264 e. The van der Waals surface area contributed by atoms with Gasteiger partial charge in [0.05, 0.1) is 10.6 Å². The first-order valence-corrected chi connectivity index (χ1v) is 17.9. The Bertz CT molecular complexity index is 1750. The Balaban J connectivity index is 1.57. The molecule has 2 amide bonds. The molecule has 240 valence electrons. The first kappa shape index (κ1) is 33.7. The van der Waals surface area contributed by atoms with Gasteiger partial charge < -0.3 is 10.2 Å². The SMILES string of the molecule is Cc1ccc(N(CC(=O)N(Cc2ccc(Br)cc2)C(Cc2ccccc2)C(=O)NC2CCCC2)S(=O)(=O)c2ccccc2)cc1Cl. The fourth-order valence-corrected chi connectivity index (χ4v) is 7.56. The number of rotatable bonds is 12. The molecule has 4 aromatic carbocycles. The van der Waals surface area contributed by atoms with E-state index in [4.69, 9.17) is 11.6 Å². The van der Waals surface area contributed by atoms with Crippen LogP contribution in [0.15, 0.2) is 112 Å². The van der Waals surface area contributed by atoms with Crippen molar-refractivity contribution >= 4 is 55.1 Å². The Morgan fingerprint density at radius 3 is 2.15 bits per heavy atom. The largest absolute Gasteiger partial charge is 0.352 e. The van der Waals surface area contributed by atoms with Gasteiger partial charge in [-0.05, 0) is 72.9 Å². The van der Waals surface area contributed by atoms with Crippen molar-refractivity contribution in [3.8, 4) is 0 Å². The number of benzene rings is 4. The van der Waals surface area contributed by atoms with Gasteiger partial charge in [0.15, 0.2) is 0 Å². The van der Waals surface area contributed by atoms with Crippen LogP contribution < -0.4 is 9.62 Å². The minimum absolute atomic E-state index is 0.0405. The molecule has 1 aliphatic carbocycles. The molecule has 1 N–H and O–H groups in total. The molecule has 0 spiro atoms. The van der Waals surface area contributed by atoms with Crippen molar-refractivity contribution in [1.82, 2.24) is 10.2 Å². The van der Waals surface area contributed by atoms with Crippen LogP contribution >= 0.6 is 27.5 Å². The summed E-state index contributed by atoms with van der Waals surface area (Å²) >= 11 is 9.93. The Hall–Kier alpha value is -3.66. The van der Waals surface area contributed by atoms with Crippen LogP contribution in [0.2, 0.25) is 5.02 Å². The Morgan fingerprint density at radius 1 is 0.891 bits per heavy atom. The fourth-order valence-electron chi connectivity index (χ4n) is 5.69. The molecule has 1 atom stereocenters. The summed E-state index contributed by atoms with van der Waals surface area (Å²) in [6.45, 7) is 1.40. The summed E-state index contributed by atoms with van der Waals surface area (Å²) in [4.78, 5) is 30.2. The molecular weight excluding hydrogens is 686 g/mol. The number of hydrogen-bond acceptors (Lipinski definition) is 4. The summed E-state index contributed by atoms with van der Waals surface area (Å²) < 4.78 is 30.2. The van der Waals surface area contributed by atoms with Gasteiger partial charge in [-0.1, -0.05) is 107 Å². The Kier molecular flexibility index (Phi) is 11.2. The van der Waals surface area contributed by atoms with Crippen LogP contribution in [0.4, 0.5) is 5.69 Å². The zero-order valence-corrected chi connectivity index (χ0v) is 28.8. The van der Waals surface area contributed by atoms with Crippen LogP contribution in [-0.2, 0) is 32.6 Å². The number of carbonyl (C=O) groups is 2. The summed E-state index contributed by atoms with van der Waals surface area (Å²) in [6, 6.07) is 29.2. The van der Waals surface area contributed by atoms with E-state index in [1.807, 2.05) is 61.5 Å². The minimum atomic E-state index is -4.19. The van der Waals surface area contributed by atoms with Crippen LogP contribution in [0, 0.1) is 6.92 Å². The van der Waals surface area contributed by atoms with Gasteiger partial charge in [-0.2, -0.15) is 0 Å². The molecule has 1 aliphatic rings. The highest BCUT2D eigenvalue weighted by molar-refractivity contribution is 9.10. The lowest BCUT2D eigenvalue weighted by atomic mass is 10.0. The van der Waals surface area contributed by atoms with Gasteiger partial charge >= 0.3 is 0 Å². The average Bonchev–Trinajstić information content (AvgIpc) is 3.57. The number of amides is 2. The molecule has 1 fully saturated rings.